The molecule has 2 aliphatic rings. The van der Waals surface area contributed by atoms with Crippen molar-refractivity contribution in [3.8, 4) is 0 Å². The zero-order valence-electron chi connectivity index (χ0n) is 14.6. The minimum atomic E-state index is -0.489. The van der Waals surface area contributed by atoms with Crippen molar-refractivity contribution in [2.45, 2.75) is 25.0 Å². The van der Waals surface area contributed by atoms with E-state index in [-0.39, 0.29) is 16.5 Å². The Hall–Kier alpha value is -2.64. The van der Waals surface area contributed by atoms with Gasteiger partial charge in [-0.1, -0.05) is 29.8 Å². The molecule has 27 heavy (non-hydrogen) atoms. The first-order valence-corrected chi connectivity index (χ1v) is 9.18. The molecule has 2 N–H and O–H groups in total. The van der Waals surface area contributed by atoms with Gasteiger partial charge in [0.15, 0.2) is 0 Å². The molecule has 1 spiro atoms. The molecule has 4 rings (SSSR count). The van der Waals surface area contributed by atoms with Gasteiger partial charge in [0.25, 0.3) is 11.6 Å². The van der Waals surface area contributed by atoms with Gasteiger partial charge < -0.3 is 10.6 Å². The van der Waals surface area contributed by atoms with Crippen LogP contribution in [0.5, 0.6) is 0 Å². The third-order valence-electron chi connectivity index (χ3n) is 5.24. The fourth-order valence-electron chi connectivity index (χ4n) is 3.79. The van der Waals surface area contributed by atoms with E-state index in [9.17, 15) is 14.9 Å². The summed E-state index contributed by atoms with van der Waals surface area (Å²) in [4.78, 5) is 25.5. The van der Waals surface area contributed by atoms with Crippen LogP contribution in [0.15, 0.2) is 42.5 Å². The lowest BCUT2D eigenvalue weighted by Gasteiger charge is -2.46. The number of nitrogens with one attached hydrogen (secondary N) is 2. The number of hydrogen-bond donors (Lipinski definition) is 2. The highest BCUT2D eigenvalue weighted by atomic mass is 35.5. The smallest absolute Gasteiger partial charge is 0.273 e. The summed E-state index contributed by atoms with van der Waals surface area (Å²) >= 11 is 5.99. The second-order valence-electron chi connectivity index (χ2n) is 7.01. The number of piperidine rings is 1. The predicted octanol–water partition coefficient (Wildman–Crippen LogP) is 3.40. The van der Waals surface area contributed by atoms with Gasteiger partial charge in [-0.25, -0.2) is 0 Å². The zero-order valence-corrected chi connectivity index (χ0v) is 15.3. The molecule has 0 aliphatic carbocycles. The van der Waals surface area contributed by atoms with E-state index in [0.717, 1.165) is 18.8 Å². The molecule has 1 fully saturated rings. The van der Waals surface area contributed by atoms with Crippen molar-refractivity contribution >= 4 is 28.9 Å². The molecule has 2 aromatic carbocycles. The van der Waals surface area contributed by atoms with Crippen LogP contribution in [-0.4, -0.2) is 34.5 Å². The minimum absolute atomic E-state index is 0.126. The summed E-state index contributed by atoms with van der Waals surface area (Å²) in [5.74, 6) is -0.126. The molecule has 2 heterocycles. The first-order valence-electron chi connectivity index (χ1n) is 8.81. The van der Waals surface area contributed by atoms with Gasteiger partial charge in [0.05, 0.1) is 10.5 Å². The lowest BCUT2D eigenvalue weighted by atomic mass is 9.92. The van der Waals surface area contributed by atoms with E-state index in [1.807, 2.05) is 12.1 Å². The molecule has 2 aromatic rings. The largest absolute Gasteiger partial charge is 0.362 e. The maximum atomic E-state index is 12.5. The topological polar surface area (TPSA) is 87.5 Å². The number of carbonyl (C=O) groups is 1. The molecule has 0 saturated carbocycles. The van der Waals surface area contributed by atoms with Gasteiger partial charge in [-0.15, -0.1) is 0 Å². The van der Waals surface area contributed by atoms with Gasteiger partial charge in [-0.2, -0.15) is 0 Å². The van der Waals surface area contributed by atoms with E-state index >= 15 is 0 Å². The average Bonchev–Trinajstić information content (AvgIpc) is 2.65. The number of nitro groups is 1. The molecule has 1 saturated heterocycles. The second kappa shape index (κ2) is 6.83. The maximum absolute atomic E-state index is 12.5. The van der Waals surface area contributed by atoms with E-state index in [1.54, 1.807) is 24.3 Å². The third kappa shape index (κ3) is 3.48. The second-order valence-corrected chi connectivity index (χ2v) is 7.45. The van der Waals surface area contributed by atoms with E-state index < -0.39 is 5.66 Å². The van der Waals surface area contributed by atoms with Crippen LogP contribution in [0.25, 0.3) is 0 Å². The molecular weight excluding hydrogens is 368 g/mol. The number of benzene rings is 2. The van der Waals surface area contributed by atoms with Crippen LogP contribution in [0.1, 0.15) is 28.8 Å². The lowest BCUT2D eigenvalue weighted by Crippen LogP contribution is -2.62. The zero-order chi connectivity index (χ0) is 19.0. The number of para-hydroxylation sites is 1. The van der Waals surface area contributed by atoms with Crippen molar-refractivity contribution in [1.29, 1.82) is 0 Å². The Kier molecular flexibility index (Phi) is 4.49. The predicted molar refractivity (Wildman–Crippen MR) is 103 cm³/mol. The first-order chi connectivity index (χ1) is 13.0. The number of likely N-dealkylation sites (tertiary alicyclic amines) is 1. The number of carbonyl (C=O) groups excluding carboxylic acids is 1. The van der Waals surface area contributed by atoms with Crippen molar-refractivity contribution < 1.29 is 9.72 Å². The van der Waals surface area contributed by atoms with Crippen molar-refractivity contribution in [3.05, 3.63) is 68.7 Å². The maximum Gasteiger partial charge on any atom is 0.273 e. The number of nitrogens with zero attached hydrogens (tertiary/aromatic N) is 2. The van der Waals surface area contributed by atoms with Crippen LogP contribution in [0.3, 0.4) is 0 Å². The molecule has 8 heteroatoms. The fraction of sp³-hybridized carbons (Fsp3) is 0.316. The Morgan fingerprint density at radius 2 is 1.89 bits per heavy atom. The minimum Gasteiger partial charge on any atom is -0.362 e. The van der Waals surface area contributed by atoms with Gasteiger partial charge in [-0.05, 0) is 18.2 Å². The highest BCUT2D eigenvalue weighted by molar-refractivity contribution is 6.31. The average molecular weight is 387 g/mol. The normalized spacial score (nSPS) is 18.5. The van der Waals surface area contributed by atoms with Crippen molar-refractivity contribution in [2.75, 3.05) is 18.4 Å². The molecule has 1 amide bonds. The Labute approximate surface area is 161 Å². The Bertz CT molecular complexity index is 910. The lowest BCUT2D eigenvalue weighted by molar-refractivity contribution is -0.385. The molecule has 0 aromatic heterocycles. The van der Waals surface area contributed by atoms with Crippen LogP contribution < -0.4 is 10.6 Å². The number of anilines is 1. The van der Waals surface area contributed by atoms with Gasteiger partial charge in [0.2, 0.25) is 0 Å². The van der Waals surface area contributed by atoms with Crippen molar-refractivity contribution in [3.63, 3.8) is 0 Å². The van der Waals surface area contributed by atoms with Crippen molar-refractivity contribution in [2.24, 2.45) is 0 Å². The number of rotatable bonds is 3. The molecule has 0 radical (unpaired) electrons. The molecule has 7 nitrogen and oxygen atoms in total. The number of nitro benzene ring substituents is 1. The van der Waals surface area contributed by atoms with E-state index in [4.69, 9.17) is 11.6 Å². The number of halogens is 1. The van der Waals surface area contributed by atoms with Crippen LogP contribution in [0.2, 0.25) is 5.02 Å². The van der Waals surface area contributed by atoms with Crippen molar-refractivity contribution in [1.82, 2.24) is 10.2 Å². The number of hydrogen-bond acceptors (Lipinski definition) is 5. The summed E-state index contributed by atoms with van der Waals surface area (Å²) in [6, 6.07) is 12.1. The van der Waals surface area contributed by atoms with E-state index in [0.29, 0.717) is 35.5 Å². The number of fused-ring (bicyclic) bond motifs is 1. The monoisotopic (exact) mass is 386 g/mol. The van der Waals surface area contributed by atoms with Crippen LogP contribution in [0.4, 0.5) is 11.4 Å². The summed E-state index contributed by atoms with van der Waals surface area (Å²) < 4.78 is 0. The van der Waals surface area contributed by atoms with Crippen LogP contribution >= 0.6 is 11.6 Å². The van der Waals surface area contributed by atoms with E-state index in [2.05, 4.69) is 15.5 Å². The third-order valence-corrected chi connectivity index (χ3v) is 5.48. The Balaban J connectivity index is 1.46. The highest BCUT2D eigenvalue weighted by Gasteiger charge is 2.40. The van der Waals surface area contributed by atoms with Gasteiger partial charge in [0, 0.05) is 54.8 Å². The molecular formula is C19H19ClN4O3. The quantitative estimate of drug-likeness (QED) is 0.623. The van der Waals surface area contributed by atoms with E-state index in [1.165, 1.54) is 6.07 Å². The summed E-state index contributed by atoms with van der Waals surface area (Å²) in [5, 5.41) is 18.3. The summed E-state index contributed by atoms with van der Waals surface area (Å²) in [5.41, 5.74) is 1.70. The summed E-state index contributed by atoms with van der Waals surface area (Å²) in [6.07, 6.45) is 1.42. The summed E-state index contributed by atoms with van der Waals surface area (Å²) in [7, 11) is 0. The highest BCUT2D eigenvalue weighted by Crippen LogP contribution is 2.33. The molecule has 2 aliphatic heterocycles. The molecule has 140 valence electrons. The fourth-order valence-corrected chi connectivity index (χ4v) is 3.97. The summed E-state index contributed by atoms with van der Waals surface area (Å²) in [6.45, 7) is 1.97. The molecule has 0 atom stereocenters. The molecule has 0 bridgehead atoms. The van der Waals surface area contributed by atoms with Crippen LogP contribution in [-0.2, 0) is 6.54 Å². The molecule has 0 unspecified atom stereocenters. The SMILES string of the molecule is O=C1NC2(CCN(Cc3ccccc3[N+](=O)[O-])CC2)Nc2ccc(Cl)cc21. The standard InChI is InChI=1S/C19H19ClN4O3/c20-14-5-6-16-15(11-14)18(25)22-19(21-16)7-9-23(10-8-19)12-13-3-1-2-4-17(13)24(26)27/h1-6,11,21H,7-10,12H2,(H,22,25). The van der Waals surface area contributed by atoms with Gasteiger partial charge in [-0.3, -0.25) is 19.8 Å². The van der Waals surface area contributed by atoms with Gasteiger partial charge >= 0.3 is 0 Å². The Morgan fingerprint density at radius 1 is 1.15 bits per heavy atom. The number of amides is 1. The first kappa shape index (κ1) is 17.8. The van der Waals surface area contributed by atoms with Crippen LogP contribution in [0, 0.1) is 10.1 Å². The van der Waals surface area contributed by atoms with Gasteiger partial charge in [0.1, 0.15) is 5.66 Å². The Morgan fingerprint density at radius 3 is 2.63 bits per heavy atom.